The van der Waals surface area contributed by atoms with Crippen molar-refractivity contribution in [2.45, 2.75) is 39.7 Å². The van der Waals surface area contributed by atoms with E-state index in [9.17, 15) is 4.57 Å². The number of rotatable bonds is 7. The molecule has 3 rings (SSSR count). The molecule has 7 heteroatoms. The maximum atomic E-state index is 13.4. The Balaban J connectivity index is 0.00000261. The number of fused-ring (bicyclic) bond motifs is 1. The van der Waals surface area contributed by atoms with Crippen molar-refractivity contribution >= 4 is 7.75 Å². The van der Waals surface area contributed by atoms with Crippen LogP contribution >= 0.6 is 7.75 Å². The van der Waals surface area contributed by atoms with E-state index in [2.05, 4.69) is 5.09 Å². The number of hydrogen-bond donors (Lipinski definition) is 1. The minimum absolute atomic E-state index is 0. The lowest BCUT2D eigenvalue weighted by Crippen LogP contribution is -2.25. The Morgan fingerprint density at radius 1 is 1.04 bits per heavy atom. The van der Waals surface area contributed by atoms with Crippen molar-refractivity contribution < 1.29 is 24.5 Å². The molecule has 0 fully saturated rings. The maximum absolute atomic E-state index is 13.4. The standard InChI is InChI=1S/C19H24NO5P.H2/c1-13(2)16-10-18-19(23-12-22-18)11-17(16)25-26(21,20-14(3)4)24-15-8-6-5-7-9-15;/h5-11,13-14H,12H2,1-4H3,(H,20,21);1H. The van der Waals surface area contributed by atoms with E-state index in [1.165, 1.54) is 0 Å². The van der Waals surface area contributed by atoms with Crippen molar-refractivity contribution in [2.24, 2.45) is 0 Å². The zero-order valence-corrected chi connectivity index (χ0v) is 16.3. The van der Waals surface area contributed by atoms with Gasteiger partial charge in [-0.05, 0) is 38.0 Å². The zero-order chi connectivity index (χ0) is 18.7. The predicted molar refractivity (Wildman–Crippen MR) is 102 cm³/mol. The van der Waals surface area contributed by atoms with Gasteiger partial charge in [0.15, 0.2) is 11.5 Å². The molecule has 142 valence electrons. The molecule has 0 aromatic heterocycles. The Labute approximate surface area is 155 Å². The summed E-state index contributed by atoms with van der Waals surface area (Å²) in [5, 5.41) is 2.93. The lowest BCUT2D eigenvalue weighted by atomic mass is 10.0. The van der Waals surface area contributed by atoms with Gasteiger partial charge in [0.2, 0.25) is 6.79 Å². The van der Waals surface area contributed by atoms with Gasteiger partial charge < -0.3 is 18.5 Å². The fourth-order valence-corrected chi connectivity index (χ4v) is 4.20. The van der Waals surface area contributed by atoms with Crippen LogP contribution in [0.1, 0.15) is 40.6 Å². The molecule has 0 amide bonds. The molecular weight excluding hydrogens is 353 g/mol. The van der Waals surface area contributed by atoms with Gasteiger partial charge in [-0.2, -0.15) is 5.09 Å². The molecule has 0 radical (unpaired) electrons. The molecule has 0 spiro atoms. The number of benzene rings is 2. The van der Waals surface area contributed by atoms with E-state index in [1.54, 1.807) is 18.2 Å². The van der Waals surface area contributed by atoms with Gasteiger partial charge in [0.1, 0.15) is 11.5 Å². The van der Waals surface area contributed by atoms with Gasteiger partial charge in [-0.3, -0.25) is 0 Å². The highest BCUT2D eigenvalue weighted by Gasteiger charge is 2.32. The summed E-state index contributed by atoms with van der Waals surface area (Å²) >= 11 is 0. The van der Waals surface area contributed by atoms with Crippen LogP contribution in [0.15, 0.2) is 42.5 Å². The Bertz CT molecular complexity index is 813. The van der Waals surface area contributed by atoms with Gasteiger partial charge in [0.25, 0.3) is 0 Å². The normalized spacial score (nSPS) is 15.2. The summed E-state index contributed by atoms with van der Waals surface area (Å²) in [5.74, 6) is 2.30. The lowest BCUT2D eigenvalue weighted by molar-refractivity contribution is 0.174. The molecule has 1 aliphatic rings. The zero-order valence-electron chi connectivity index (χ0n) is 15.4. The van der Waals surface area contributed by atoms with Gasteiger partial charge in [0, 0.05) is 19.1 Å². The van der Waals surface area contributed by atoms with Crippen molar-refractivity contribution in [3.63, 3.8) is 0 Å². The highest BCUT2D eigenvalue weighted by molar-refractivity contribution is 7.52. The molecule has 1 aliphatic heterocycles. The summed E-state index contributed by atoms with van der Waals surface area (Å²) in [4.78, 5) is 0. The molecule has 0 aliphatic carbocycles. The monoisotopic (exact) mass is 379 g/mol. The lowest BCUT2D eigenvalue weighted by Gasteiger charge is -2.24. The number of nitrogens with one attached hydrogen (secondary N) is 1. The molecule has 0 saturated carbocycles. The molecule has 1 heterocycles. The van der Waals surface area contributed by atoms with Gasteiger partial charge in [-0.15, -0.1) is 0 Å². The van der Waals surface area contributed by atoms with Crippen LogP contribution in [-0.2, 0) is 4.57 Å². The highest BCUT2D eigenvalue weighted by atomic mass is 31.2. The number of para-hydroxylation sites is 1. The summed E-state index contributed by atoms with van der Waals surface area (Å²) in [5.41, 5.74) is 0.872. The molecule has 6 nitrogen and oxygen atoms in total. The van der Waals surface area contributed by atoms with Crippen LogP contribution in [0.5, 0.6) is 23.0 Å². The summed E-state index contributed by atoms with van der Waals surface area (Å²) < 4.78 is 35.9. The molecule has 1 N–H and O–H groups in total. The van der Waals surface area contributed by atoms with E-state index < -0.39 is 7.75 Å². The van der Waals surface area contributed by atoms with E-state index in [0.29, 0.717) is 23.0 Å². The molecule has 1 unspecified atom stereocenters. The van der Waals surface area contributed by atoms with E-state index in [-0.39, 0.29) is 20.2 Å². The van der Waals surface area contributed by atoms with Crippen molar-refractivity contribution in [3.8, 4) is 23.0 Å². The second-order valence-electron chi connectivity index (χ2n) is 6.67. The molecule has 1 atom stereocenters. The minimum atomic E-state index is -3.66. The van der Waals surface area contributed by atoms with E-state index in [4.69, 9.17) is 18.5 Å². The Morgan fingerprint density at radius 3 is 2.31 bits per heavy atom. The van der Waals surface area contributed by atoms with Gasteiger partial charge >= 0.3 is 7.75 Å². The van der Waals surface area contributed by atoms with Gasteiger partial charge in [-0.25, -0.2) is 4.57 Å². The predicted octanol–water partition coefficient (Wildman–Crippen LogP) is 5.35. The largest absolute Gasteiger partial charge is 0.513 e. The van der Waals surface area contributed by atoms with Crippen molar-refractivity contribution in [1.29, 1.82) is 0 Å². The fourth-order valence-electron chi connectivity index (χ4n) is 2.61. The van der Waals surface area contributed by atoms with Crippen LogP contribution < -0.4 is 23.6 Å². The van der Waals surface area contributed by atoms with Crippen LogP contribution in [0.2, 0.25) is 0 Å². The first-order chi connectivity index (χ1) is 12.4. The van der Waals surface area contributed by atoms with Crippen LogP contribution in [0.3, 0.4) is 0 Å². The second-order valence-corrected chi connectivity index (χ2v) is 8.29. The third-order valence-corrected chi connectivity index (χ3v) is 5.45. The van der Waals surface area contributed by atoms with Crippen molar-refractivity contribution in [3.05, 3.63) is 48.0 Å². The van der Waals surface area contributed by atoms with Crippen LogP contribution in [-0.4, -0.2) is 12.8 Å². The first-order valence-electron chi connectivity index (χ1n) is 8.62. The molecule has 26 heavy (non-hydrogen) atoms. The first-order valence-corrected chi connectivity index (χ1v) is 10.2. The minimum Gasteiger partial charge on any atom is -0.454 e. The third kappa shape index (κ3) is 4.32. The summed E-state index contributed by atoms with van der Waals surface area (Å²) in [6, 6.07) is 12.4. The number of hydrogen-bond acceptors (Lipinski definition) is 5. The average Bonchev–Trinajstić information content (AvgIpc) is 3.01. The summed E-state index contributed by atoms with van der Waals surface area (Å²) in [7, 11) is -3.66. The second kappa shape index (κ2) is 7.60. The van der Waals surface area contributed by atoms with Crippen LogP contribution in [0.4, 0.5) is 0 Å². The van der Waals surface area contributed by atoms with E-state index >= 15 is 0 Å². The molecular formula is C19H26NO5P. The van der Waals surface area contributed by atoms with E-state index in [1.807, 2.05) is 52.0 Å². The van der Waals surface area contributed by atoms with Gasteiger partial charge in [-0.1, -0.05) is 32.0 Å². The highest BCUT2D eigenvalue weighted by Crippen LogP contribution is 2.49. The molecule has 0 saturated heterocycles. The van der Waals surface area contributed by atoms with Crippen molar-refractivity contribution in [2.75, 3.05) is 6.79 Å². The Kier molecular flexibility index (Phi) is 5.44. The molecule has 2 aromatic carbocycles. The first kappa shape index (κ1) is 18.6. The average molecular weight is 379 g/mol. The molecule has 0 bridgehead atoms. The maximum Gasteiger partial charge on any atom is 0.513 e. The van der Waals surface area contributed by atoms with Crippen molar-refractivity contribution in [1.82, 2.24) is 5.09 Å². The van der Waals surface area contributed by atoms with Crippen LogP contribution in [0, 0.1) is 0 Å². The summed E-state index contributed by atoms with van der Waals surface area (Å²) in [6.45, 7) is 7.99. The molecule has 2 aromatic rings. The Morgan fingerprint density at radius 2 is 1.69 bits per heavy atom. The topological polar surface area (TPSA) is 66.0 Å². The van der Waals surface area contributed by atoms with Crippen LogP contribution in [0.25, 0.3) is 0 Å². The van der Waals surface area contributed by atoms with E-state index in [0.717, 1.165) is 5.56 Å². The SMILES string of the molecule is CC(C)NP(=O)(Oc1ccccc1)Oc1cc2c(cc1C(C)C)OCO2.[HH]. The van der Waals surface area contributed by atoms with Gasteiger partial charge in [0.05, 0.1) is 0 Å². The summed E-state index contributed by atoms with van der Waals surface area (Å²) in [6.07, 6.45) is 0. The quantitative estimate of drug-likeness (QED) is 0.654. The number of ether oxygens (including phenoxy) is 2. The fraction of sp³-hybridized carbons (Fsp3) is 0.368. The third-order valence-electron chi connectivity index (χ3n) is 3.73. The Hall–Kier alpha value is -2.17. The smallest absolute Gasteiger partial charge is 0.454 e.